The van der Waals surface area contributed by atoms with E-state index >= 15 is 0 Å². The minimum Gasteiger partial charge on any atom is -0.507 e. The van der Waals surface area contributed by atoms with Crippen LogP contribution in [0.2, 0.25) is 0 Å². The number of phenols is 1. The molecule has 2 aromatic rings. The van der Waals surface area contributed by atoms with E-state index in [2.05, 4.69) is 43.8 Å². The van der Waals surface area contributed by atoms with Crippen LogP contribution in [0.5, 0.6) is 5.75 Å². The summed E-state index contributed by atoms with van der Waals surface area (Å²) in [5.41, 5.74) is 1.31. The second kappa shape index (κ2) is 7.08. The molecule has 0 bridgehead atoms. The van der Waals surface area contributed by atoms with Gasteiger partial charge < -0.3 is 10.4 Å². The van der Waals surface area contributed by atoms with E-state index in [1.165, 1.54) is 6.07 Å². The molecule has 0 aliphatic rings. The number of hydrogen-bond acceptors (Lipinski definition) is 2. The highest BCUT2D eigenvalue weighted by Crippen LogP contribution is 2.22. The lowest BCUT2D eigenvalue weighted by Gasteiger charge is -2.17. The molecule has 3 nitrogen and oxygen atoms in total. The van der Waals surface area contributed by atoms with Crippen molar-refractivity contribution in [2.24, 2.45) is 0 Å². The second-order valence-corrected chi connectivity index (χ2v) is 6.15. The van der Waals surface area contributed by atoms with Crippen LogP contribution in [-0.2, 0) is 0 Å². The summed E-state index contributed by atoms with van der Waals surface area (Å²) in [4.78, 5) is 12.3. The van der Waals surface area contributed by atoms with E-state index in [-0.39, 0.29) is 17.7 Å². The molecule has 0 aliphatic heterocycles. The third kappa shape index (κ3) is 3.73. The van der Waals surface area contributed by atoms with Crippen LogP contribution in [0.1, 0.15) is 22.0 Å². The van der Waals surface area contributed by atoms with E-state index in [0.717, 1.165) is 9.13 Å². The highest BCUT2D eigenvalue weighted by atomic mass is 127. The van der Waals surface area contributed by atoms with Crippen LogP contribution in [0.4, 0.5) is 0 Å². The van der Waals surface area contributed by atoms with Crippen molar-refractivity contribution in [2.45, 2.75) is 6.04 Å². The summed E-state index contributed by atoms with van der Waals surface area (Å²) in [5, 5.41) is 13.3. The fourth-order valence-corrected chi connectivity index (χ4v) is 2.85. The van der Waals surface area contributed by atoms with Crippen LogP contribution in [0, 0.1) is 3.57 Å². The first-order valence-electron chi connectivity index (χ1n) is 6.02. The molecule has 2 rings (SSSR count). The number of alkyl halides is 1. The van der Waals surface area contributed by atoms with Crippen LogP contribution in [-0.4, -0.2) is 16.3 Å². The van der Waals surface area contributed by atoms with Gasteiger partial charge >= 0.3 is 0 Å². The molecular formula is C15H13BrINO2. The summed E-state index contributed by atoms with van der Waals surface area (Å²) < 4.78 is 0.903. The predicted molar refractivity (Wildman–Crippen MR) is 91.3 cm³/mol. The molecule has 0 fully saturated rings. The van der Waals surface area contributed by atoms with Gasteiger partial charge in [0.05, 0.1) is 11.6 Å². The molecule has 1 atom stereocenters. The zero-order chi connectivity index (χ0) is 14.5. The van der Waals surface area contributed by atoms with Gasteiger partial charge in [0.15, 0.2) is 0 Å². The number of rotatable bonds is 4. The fourth-order valence-electron chi connectivity index (χ4n) is 1.82. The van der Waals surface area contributed by atoms with E-state index in [4.69, 9.17) is 0 Å². The van der Waals surface area contributed by atoms with Crippen LogP contribution in [0.15, 0.2) is 48.5 Å². The molecule has 0 heterocycles. The van der Waals surface area contributed by atoms with E-state index < -0.39 is 0 Å². The first kappa shape index (κ1) is 15.3. The monoisotopic (exact) mass is 445 g/mol. The van der Waals surface area contributed by atoms with Gasteiger partial charge in [-0.25, -0.2) is 0 Å². The van der Waals surface area contributed by atoms with E-state index in [1.54, 1.807) is 12.1 Å². The molecule has 1 amide bonds. The summed E-state index contributed by atoms with van der Waals surface area (Å²) in [6, 6.07) is 14.5. The average Bonchev–Trinajstić information content (AvgIpc) is 2.48. The molecule has 20 heavy (non-hydrogen) atoms. The number of hydrogen-bond donors (Lipinski definition) is 2. The quantitative estimate of drug-likeness (QED) is 0.554. The van der Waals surface area contributed by atoms with Crippen molar-refractivity contribution in [3.63, 3.8) is 0 Å². The molecule has 0 saturated heterocycles. The van der Waals surface area contributed by atoms with Gasteiger partial charge in [-0.3, -0.25) is 4.79 Å². The van der Waals surface area contributed by atoms with Crippen LogP contribution in [0.25, 0.3) is 0 Å². The number of benzene rings is 2. The van der Waals surface area contributed by atoms with Gasteiger partial charge in [-0.05, 0) is 46.4 Å². The topological polar surface area (TPSA) is 49.3 Å². The van der Waals surface area contributed by atoms with Gasteiger partial charge in [-0.1, -0.05) is 46.3 Å². The average molecular weight is 446 g/mol. The third-order valence-corrected chi connectivity index (χ3v) is 4.18. The highest BCUT2D eigenvalue weighted by Gasteiger charge is 2.17. The summed E-state index contributed by atoms with van der Waals surface area (Å²) >= 11 is 5.52. The molecule has 104 valence electrons. The Morgan fingerprint density at radius 1 is 1.25 bits per heavy atom. The van der Waals surface area contributed by atoms with Crippen LogP contribution < -0.4 is 5.32 Å². The number of phenolic OH excluding ortho intramolecular Hbond substituents is 1. The van der Waals surface area contributed by atoms with Crippen molar-refractivity contribution in [3.8, 4) is 5.75 Å². The summed E-state index contributed by atoms with van der Waals surface area (Å²) in [7, 11) is 0. The minimum atomic E-state index is -0.283. The lowest BCUT2D eigenvalue weighted by molar-refractivity contribution is 0.0938. The Morgan fingerprint density at radius 3 is 2.60 bits per heavy atom. The lowest BCUT2D eigenvalue weighted by Crippen LogP contribution is -2.29. The van der Waals surface area contributed by atoms with Gasteiger partial charge in [0.25, 0.3) is 5.91 Å². The Balaban J connectivity index is 2.20. The summed E-state index contributed by atoms with van der Waals surface area (Å²) in [6.45, 7) is 0. The minimum absolute atomic E-state index is 0.00991. The van der Waals surface area contributed by atoms with Crippen molar-refractivity contribution in [2.75, 3.05) is 5.33 Å². The molecule has 2 N–H and O–H groups in total. The maximum absolute atomic E-state index is 12.3. The molecule has 0 aliphatic carbocycles. The van der Waals surface area contributed by atoms with Gasteiger partial charge in [0.1, 0.15) is 5.75 Å². The van der Waals surface area contributed by atoms with Crippen LogP contribution >= 0.6 is 38.5 Å². The Bertz CT molecular complexity index is 604. The molecule has 0 aromatic heterocycles. The van der Waals surface area contributed by atoms with Crippen LogP contribution in [0.3, 0.4) is 0 Å². The number of carbonyl (C=O) groups excluding carboxylic acids is 1. The number of aromatic hydroxyl groups is 1. The molecule has 5 heteroatoms. The Morgan fingerprint density at radius 2 is 1.95 bits per heavy atom. The number of carbonyl (C=O) groups is 1. The Labute approximate surface area is 139 Å². The van der Waals surface area contributed by atoms with Crippen molar-refractivity contribution in [1.29, 1.82) is 0 Å². The van der Waals surface area contributed by atoms with E-state index in [1.807, 2.05) is 30.3 Å². The predicted octanol–water partition coefficient (Wildman–Crippen LogP) is 3.86. The third-order valence-electron chi connectivity index (χ3n) is 2.86. The first-order chi connectivity index (χ1) is 9.61. The molecule has 2 aromatic carbocycles. The SMILES string of the molecule is O=C(NC(CBr)c1ccccc1)c1cc(I)ccc1O. The highest BCUT2D eigenvalue weighted by molar-refractivity contribution is 14.1. The van der Waals surface area contributed by atoms with Gasteiger partial charge in [-0.2, -0.15) is 0 Å². The summed E-state index contributed by atoms with van der Waals surface area (Å²) in [5.74, 6) is -0.293. The van der Waals surface area contributed by atoms with Crippen molar-refractivity contribution in [3.05, 3.63) is 63.2 Å². The van der Waals surface area contributed by atoms with Crippen molar-refractivity contribution < 1.29 is 9.90 Å². The standard InChI is InChI=1S/C15H13BrINO2/c16-9-13(10-4-2-1-3-5-10)18-15(20)12-8-11(17)6-7-14(12)19/h1-8,13,19H,9H2,(H,18,20). The number of nitrogens with one attached hydrogen (secondary N) is 1. The molecule has 0 spiro atoms. The zero-order valence-electron chi connectivity index (χ0n) is 10.5. The fraction of sp³-hybridized carbons (Fsp3) is 0.133. The first-order valence-corrected chi connectivity index (χ1v) is 8.22. The number of amides is 1. The second-order valence-electron chi connectivity index (χ2n) is 4.25. The largest absolute Gasteiger partial charge is 0.507 e. The van der Waals surface area contributed by atoms with Crippen molar-refractivity contribution in [1.82, 2.24) is 5.32 Å². The van der Waals surface area contributed by atoms with Gasteiger partial charge in [-0.15, -0.1) is 0 Å². The molecule has 0 radical (unpaired) electrons. The smallest absolute Gasteiger partial charge is 0.255 e. The lowest BCUT2D eigenvalue weighted by atomic mass is 10.1. The Kier molecular flexibility index (Phi) is 5.42. The van der Waals surface area contributed by atoms with E-state index in [0.29, 0.717) is 10.9 Å². The van der Waals surface area contributed by atoms with Gasteiger partial charge in [0, 0.05) is 8.90 Å². The van der Waals surface area contributed by atoms with Crippen molar-refractivity contribution >= 4 is 44.4 Å². The maximum atomic E-state index is 12.3. The van der Waals surface area contributed by atoms with E-state index in [9.17, 15) is 9.90 Å². The number of halogens is 2. The van der Waals surface area contributed by atoms with Gasteiger partial charge in [0.2, 0.25) is 0 Å². The normalized spacial score (nSPS) is 11.9. The zero-order valence-corrected chi connectivity index (χ0v) is 14.3. The molecule has 0 saturated carbocycles. The Hall–Kier alpha value is -1.08. The molecular weight excluding hydrogens is 433 g/mol. The maximum Gasteiger partial charge on any atom is 0.255 e. The molecule has 1 unspecified atom stereocenters. The summed E-state index contributed by atoms with van der Waals surface area (Å²) in [6.07, 6.45) is 0.